The van der Waals surface area contributed by atoms with Gasteiger partial charge in [0, 0.05) is 10.9 Å². The Hall–Kier alpha value is -2.46. The molecule has 0 amide bonds. The molecule has 4 heteroatoms. The largest absolute Gasteiger partial charge is 0.456 e. The van der Waals surface area contributed by atoms with Crippen LogP contribution in [0.1, 0.15) is 32.7 Å². The summed E-state index contributed by atoms with van der Waals surface area (Å²) in [6.07, 6.45) is 0. The first-order valence-electron chi connectivity index (χ1n) is 7.79. The first kappa shape index (κ1) is 16.4. The van der Waals surface area contributed by atoms with Gasteiger partial charge in [-0.1, -0.05) is 35.9 Å². The minimum Gasteiger partial charge on any atom is -0.456 e. The molecule has 0 N–H and O–H groups in total. The van der Waals surface area contributed by atoms with Gasteiger partial charge in [0.1, 0.15) is 11.6 Å². The van der Waals surface area contributed by atoms with E-state index in [1.54, 1.807) is 17.4 Å². The van der Waals surface area contributed by atoms with Crippen LogP contribution in [0.3, 0.4) is 0 Å². The first-order valence-corrected chi connectivity index (χ1v) is 8.67. The number of benzene rings is 2. The van der Waals surface area contributed by atoms with Crippen molar-refractivity contribution in [2.45, 2.75) is 27.4 Å². The number of esters is 1. The Bertz CT molecular complexity index is 866. The minimum atomic E-state index is -0.317. The number of hydrogen-bond acceptors (Lipinski definition) is 4. The van der Waals surface area contributed by atoms with Gasteiger partial charge in [-0.25, -0.2) is 9.78 Å². The number of rotatable bonds is 4. The maximum atomic E-state index is 12.1. The topological polar surface area (TPSA) is 39.2 Å². The molecule has 3 aromatic rings. The molecule has 0 spiro atoms. The summed E-state index contributed by atoms with van der Waals surface area (Å²) in [5, 5.41) is 2.87. The summed E-state index contributed by atoms with van der Waals surface area (Å²) in [5.41, 5.74) is 5.89. The van der Waals surface area contributed by atoms with Gasteiger partial charge in [-0.15, -0.1) is 11.3 Å². The van der Waals surface area contributed by atoms with E-state index in [9.17, 15) is 4.79 Å². The zero-order valence-corrected chi connectivity index (χ0v) is 14.8. The Morgan fingerprint density at radius 2 is 1.79 bits per heavy atom. The van der Waals surface area contributed by atoms with Crippen LogP contribution >= 0.6 is 11.3 Å². The Morgan fingerprint density at radius 1 is 1.04 bits per heavy atom. The standard InChI is InChI=1S/C20H19NO2S/c1-13-4-7-16(8-5-13)19-21-18(12-24-19)11-23-20(22)17-9-6-14(2)15(3)10-17/h4-10,12H,11H2,1-3H3. The molecule has 0 saturated carbocycles. The van der Waals surface area contributed by atoms with Crippen molar-refractivity contribution in [2.24, 2.45) is 0 Å². The van der Waals surface area contributed by atoms with Crippen molar-refractivity contribution in [3.05, 3.63) is 75.8 Å². The van der Waals surface area contributed by atoms with Crippen LogP contribution in [0.2, 0.25) is 0 Å². The zero-order chi connectivity index (χ0) is 17.1. The number of ether oxygens (including phenoxy) is 1. The van der Waals surface area contributed by atoms with Crippen LogP contribution in [0.4, 0.5) is 0 Å². The fourth-order valence-corrected chi connectivity index (χ4v) is 3.10. The molecular formula is C20H19NO2S. The number of thiazole rings is 1. The van der Waals surface area contributed by atoms with Crippen molar-refractivity contribution >= 4 is 17.3 Å². The van der Waals surface area contributed by atoms with Crippen LogP contribution in [-0.4, -0.2) is 11.0 Å². The van der Waals surface area contributed by atoms with E-state index in [4.69, 9.17) is 4.74 Å². The minimum absolute atomic E-state index is 0.189. The van der Waals surface area contributed by atoms with Crippen LogP contribution < -0.4 is 0 Å². The zero-order valence-electron chi connectivity index (χ0n) is 14.0. The van der Waals surface area contributed by atoms with Crippen LogP contribution in [-0.2, 0) is 11.3 Å². The predicted octanol–water partition coefficient (Wildman–Crippen LogP) is 5.09. The number of aryl methyl sites for hydroxylation is 3. The molecule has 122 valence electrons. The van der Waals surface area contributed by atoms with E-state index < -0.39 is 0 Å². The summed E-state index contributed by atoms with van der Waals surface area (Å²) in [6, 6.07) is 13.8. The fourth-order valence-electron chi connectivity index (χ4n) is 2.29. The lowest BCUT2D eigenvalue weighted by atomic mass is 10.1. The van der Waals surface area contributed by atoms with Crippen molar-refractivity contribution in [3.8, 4) is 10.6 Å². The van der Waals surface area contributed by atoms with Gasteiger partial charge < -0.3 is 4.74 Å². The Labute approximate surface area is 146 Å². The summed E-state index contributed by atoms with van der Waals surface area (Å²) in [7, 11) is 0. The van der Waals surface area contributed by atoms with E-state index in [0.717, 1.165) is 27.4 Å². The van der Waals surface area contributed by atoms with Gasteiger partial charge in [0.25, 0.3) is 0 Å². The first-order chi connectivity index (χ1) is 11.5. The van der Waals surface area contributed by atoms with Gasteiger partial charge in [0.05, 0.1) is 11.3 Å². The molecule has 24 heavy (non-hydrogen) atoms. The van der Waals surface area contributed by atoms with Crippen molar-refractivity contribution in [1.82, 2.24) is 4.98 Å². The second-order valence-electron chi connectivity index (χ2n) is 5.89. The lowest BCUT2D eigenvalue weighted by Gasteiger charge is -2.05. The van der Waals surface area contributed by atoms with Crippen molar-refractivity contribution in [3.63, 3.8) is 0 Å². The third-order valence-electron chi connectivity index (χ3n) is 3.94. The fraction of sp³-hybridized carbons (Fsp3) is 0.200. The molecule has 1 heterocycles. The number of carbonyl (C=O) groups is 1. The second kappa shape index (κ2) is 6.97. The highest BCUT2D eigenvalue weighted by Crippen LogP contribution is 2.24. The third kappa shape index (κ3) is 3.71. The van der Waals surface area contributed by atoms with Gasteiger partial charge in [0.15, 0.2) is 0 Å². The van der Waals surface area contributed by atoms with Crippen LogP contribution in [0.15, 0.2) is 47.8 Å². The van der Waals surface area contributed by atoms with E-state index in [0.29, 0.717) is 5.56 Å². The highest BCUT2D eigenvalue weighted by atomic mass is 32.1. The molecule has 0 aliphatic carbocycles. The number of nitrogens with zero attached hydrogens (tertiary/aromatic N) is 1. The average Bonchev–Trinajstić information content (AvgIpc) is 3.05. The summed E-state index contributed by atoms with van der Waals surface area (Å²) < 4.78 is 5.38. The summed E-state index contributed by atoms with van der Waals surface area (Å²) in [5.74, 6) is -0.317. The Kier molecular flexibility index (Phi) is 4.76. The van der Waals surface area contributed by atoms with Crippen LogP contribution in [0.5, 0.6) is 0 Å². The number of carbonyl (C=O) groups excluding carboxylic acids is 1. The molecule has 0 bridgehead atoms. The number of hydrogen-bond donors (Lipinski definition) is 0. The molecule has 0 saturated heterocycles. The summed E-state index contributed by atoms with van der Waals surface area (Å²) in [4.78, 5) is 16.7. The van der Waals surface area contributed by atoms with Crippen molar-refractivity contribution in [1.29, 1.82) is 0 Å². The highest BCUT2D eigenvalue weighted by molar-refractivity contribution is 7.13. The molecule has 0 fully saturated rings. The van der Waals surface area contributed by atoms with E-state index in [1.165, 1.54) is 5.56 Å². The van der Waals surface area contributed by atoms with E-state index in [1.807, 2.05) is 31.4 Å². The predicted molar refractivity (Wildman–Crippen MR) is 97.3 cm³/mol. The van der Waals surface area contributed by atoms with Crippen molar-refractivity contribution < 1.29 is 9.53 Å². The van der Waals surface area contributed by atoms with Crippen LogP contribution in [0.25, 0.3) is 10.6 Å². The lowest BCUT2D eigenvalue weighted by Crippen LogP contribution is -2.06. The van der Waals surface area contributed by atoms with Crippen LogP contribution in [0, 0.1) is 20.8 Å². The molecule has 2 aromatic carbocycles. The molecule has 0 aliphatic rings. The maximum Gasteiger partial charge on any atom is 0.338 e. The second-order valence-corrected chi connectivity index (χ2v) is 6.74. The molecule has 1 aromatic heterocycles. The summed E-state index contributed by atoms with van der Waals surface area (Å²) in [6.45, 7) is 6.25. The third-order valence-corrected chi connectivity index (χ3v) is 4.88. The van der Waals surface area contributed by atoms with Gasteiger partial charge in [-0.05, 0) is 44.0 Å². The smallest absolute Gasteiger partial charge is 0.338 e. The van der Waals surface area contributed by atoms with Gasteiger partial charge in [-0.2, -0.15) is 0 Å². The van der Waals surface area contributed by atoms with Gasteiger partial charge >= 0.3 is 5.97 Å². The molecular weight excluding hydrogens is 318 g/mol. The van der Waals surface area contributed by atoms with E-state index in [-0.39, 0.29) is 12.6 Å². The molecule has 0 atom stereocenters. The maximum absolute atomic E-state index is 12.1. The Morgan fingerprint density at radius 3 is 2.50 bits per heavy atom. The quantitative estimate of drug-likeness (QED) is 0.622. The number of aromatic nitrogens is 1. The van der Waals surface area contributed by atoms with Gasteiger partial charge in [0.2, 0.25) is 0 Å². The molecule has 3 rings (SSSR count). The van der Waals surface area contributed by atoms with Crippen molar-refractivity contribution in [2.75, 3.05) is 0 Å². The van der Waals surface area contributed by atoms with E-state index in [2.05, 4.69) is 36.2 Å². The Balaban J connectivity index is 1.65. The molecule has 3 nitrogen and oxygen atoms in total. The SMILES string of the molecule is Cc1ccc(-c2nc(COC(=O)c3ccc(C)c(C)c3)cs2)cc1. The molecule has 0 unspecified atom stereocenters. The molecule has 0 aliphatic heterocycles. The molecule has 0 radical (unpaired) electrons. The normalized spacial score (nSPS) is 10.6. The lowest BCUT2D eigenvalue weighted by molar-refractivity contribution is 0.0468. The summed E-state index contributed by atoms with van der Waals surface area (Å²) >= 11 is 1.56. The monoisotopic (exact) mass is 337 g/mol. The van der Waals surface area contributed by atoms with E-state index >= 15 is 0 Å². The highest BCUT2D eigenvalue weighted by Gasteiger charge is 2.10. The average molecular weight is 337 g/mol. The van der Waals surface area contributed by atoms with Gasteiger partial charge in [-0.3, -0.25) is 0 Å².